The highest BCUT2D eigenvalue weighted by Gasteiger charge is 2.60. The van der Waals surface area contributed by atoms with Gasteiger partial charge in [-0.3, -0.25) is 4.79 Å². The fraction of sp³-hybridized carbons (Fsp3) is 0.500. The van der Waals surface area contributed by atoms with E-state index in [1.54, 1.807) is 6.08 Å². The van der Waals surface area contributed by atoms with E-state index in [0.29, 0.717) is 18.6 Å². The van der Waals surface area contributed by atoms with Crippen LogP contribution in [0.4, 0.5) is 0 Å². The molecule has 16 heavy (non-hydrogen) atoms. The molecule has 0 unspecified atom stereocenters. The third-order valence-electron chi connectivity index (χ3n) is 3.97. The van der Waals surface area contributed by atoms with Gasteiger partial charge in [0.25, 0.3) is 0 Å². The second kappa shape index (κ2) is 2.97. The Morgan fingerprint density at radius 1 is 1.38 bits per heavy atom. The van der Waals surface area contributed by atoms with Crippen LogP contribution in [0.3, 0.4) is 0 Å². The molecule has 0 saturated carbocycles. The molecule has 84 valence electrons. The third kappa shape index (κ3) is 0.900. The molecule has 1 aliphatic carbocycles. The Kier molecular flexibility index (Phi) is 1.79. The molecule has 0 bridgehead atoms. The molecular weight excluding hydrogens is 208 g/mol. The normalized spacial score (nSPS) is 40.6. The summed E-state index contributed by atoms with van der Waals surface area (Å²) >= 11 is 0. The summed E-state index contributed by atoms with van der Waals surface area (Å²) in [6, 6.07) is 0. The van der Waals surface area contributed by atoms with Crippen LogP contribution in [0.15, 0.2) is 24.3 Å². The van der Waals surface area contributed by atoms with Gasteiger partial charge >= 0.3 is 11.9 Å². The molecule has 3 atom stereocenters. The molecule has 0 radical (unpaired) electrons. The summed E-state index contributed by atoms with van der Waals surface area (Å²) < 4.78 is 10.1. The molecule has 0 spiro atoms. The minimum Gasteiger partial charge on any atom is -0.465 e. The van der Waals surface area contributed by atoms with Crippen molar-refractivity contribution in [1.82, 2.24) is 0 Å². The number of cyclic esters (lactones) is 2. The highest BCUT2D eigenvalue weighted by Crippen LogP contribution is 2.53. The zero-order valence-corrected chi connectivity index (χ0v) is 8.77. The molecule has 4 heteroatoms. The number of allylic oxidation sites excluding steroid dienone is 1. The summed E-state index contributed by atoms with van der Waals surface area (Å²) in [5.41, 5.74) is -0.119. The first-order valence-electron chi connectivity index (χ1n) is 5.38. The van der Waals surface area contributed by atoms with Gasteiger partial charge in [-0.2, -0.15) is 0 Å². The van der Waals surface area contributed by atoms with Crippen LogP contribution in [-0.2, 0) is 19.1 Å². The van der Waals surface area contributed by atoms with Crippen LogP contribution in [0.25, 0.3) is 0 Å². The lowest BCUT2D eigenvalue weighted by Crippen LogP contribution is -2.42. The highest BCUT2D eigenvalue weighted by atomic mass is 16.5. The van der Waals surface area contributed by atoms with Gasteiger partial charge in [-0.1, -0.05) is 12.2 Å². The minimum absolute atomic E-state index is 0.0979. The first-order chi connectivity index (χ1) is 7.70. The van der Waals surface area contributed by atoms with E-state index in [0.717, 1.165) is 0 Å². The Labute approximate surface area is 92.9 Å². The first-order valence-corrected chi connectivity index (χ1v) is 5.38. The van der Waals surface area contributed by atoms with Gasteiger partial charge in [0.1, 0.15) is 12.0 Å². The Morgan fingerprint density at radius 3 is 2.94 bits per heavy atom. The number of rotatable bonds is 1. The maximum atomic E-state index is 11.9. The van der Waals surface area contributed by atoms with Crippen LogP contribution in [-0.4, -0.2) is 25.2 Å². The van der Waals surface area contributed by atoms with Gasteiger partial charge < -0.3 is 9.47 Å². The van der Waals surface area contributed by atoms with Crippen molar-refractivity contribution in [2.24, 2.45) is 17.3 Å². The van der Waals surface area contributed by atoms with E-state index in [1.807, 2.05) is 6.08 Å². The minimum atomic E-state index is -0.740. The van der Waals surface area contributed by atoms with Crippen LogP contribution >= 0.6 is 0 Å². The lowest BCUT2D eigenvalue weighted by molar-refractivity contribution is -0.146. The molecule has 4 nitrogen and oxygen atoms in total. The summed E-state index contributed by atoms with van der Waals surface area (Å²) in [6.45, 7) is 4.44. The summed E-state index contributed by atoms with van der Waals surface area (Å²) in [5.74, 6) is -0.669. The maximum Gasteiger partial charge on any atom is 0.334 e. The monoisotopic (exact) mass is 220 g/mol. The van der Waals surface area contributed by atoms with E-state index in [2.05, 4.69) is 6.58 Å². The largest absolute Gasteiger partial charge is 0.465 e. The summed E-state index contributed by atoms with van der Waals surface area (Å²) in [7, 11) is 0. The van der Waals surface area contributed by atoms with Gasteiger partial charge in [0.05, 0.1) is 6.61 Å². The Hall–Kier alpha value is -1.58. The molecule has 3 aliphatic rings. The van der Waals surface area contributed by atoms with E-state index in [4.69, 9.17) is 9.47 Å². The maximum absolute atomic E-state index is 11.9. The summed E-state index contributed by atoms with van der Waals surface area (Å²) in [6.07, 6.45) is 4.21. The molecule has 0 amide bonds. The van der Waals surface area contributed by atoms with Crippen molar-refractivity contribution in [2.75, 3.05) is 13.2 Å². The molecule has 3 rings (SSSR count). The quantitative estimate of drug-likeness (QED) is 0.485. The van der Waals surface area contributed by atoms with Crippen LogP contribution in [0.2, 0.25) is 0 Å². The topological polar surface area (TPSA) is 52.6 Å². The second-order valence-corrected chi connectivity index (χ2v) is 4.48. The van der Waals surface area contributed by atoms with E-state index in [1.165, 1.54) is 0 Å². The van der Waals surface area contributed by atoms with Gasteiger partial charge in [0.2, 0.25) is 0 Å². The fourth-order valence-corrected chi connectivity index (χ4v) is 3.05. The SMILES string of the molecule is C=C[C@]12C(=O)OC[C@H]1CC=C1C(=O)OC[C@@H]12. The van der Waals surface area contributed by atoms with E-state index < -0.39 is 5.41 Å². The molecule has 2 fully saturated rings. The molecule has 0 aromatic rings. The second-order valence-electron chi connectivity index (χ2n) is 4.48. The van der Waals surface area contributed by atoms with Crippen molar-refractivity contribution in [1.29, 1.82) is 0 Å². The van der Waals surface area contributed by atoms with E-state index in [9.17, 15) is 9.59 Å². The van der Waals surface area contributed by atoms with Gasteiger partial charge in [-0.25, -0.2) is 4.79 Å². The standard InChI is InChI=1S/C12H12O4/c1-2-12-7(5-16-11(12)14)3-4-8-9(12)6-15-10(8)13/h2,4,7,9H,1,3,5-6H2/t7-,9+,12+/m1/s1. The van der Waals surface area contributed by atoms with Crippen molar-refractivity contribution in [2.45, 2.75) is 6.42 Å². The molecule has 0 aromatic heterocycles. The summed E-state index contributed by atoms with van der Waals surface area (Å²) in [5, 5.41) is 0. The average Bonchev–Trinajstić information content (AvgIpc) is 2.82. The van der Waals surface area contributed by atoms with Crippen LogP contribution in [0.5, 0.6) is 0 Å². The van der Waals surface area contributed by atoms with Crippen molar-refractivity contribution in [3.8, 4) is 0 Å². The van der Waals surface area contributed by atoms with Gasteiger partial charge in [0, 0.05) is 17.4 Å². The zero-order chi connectivity index (χ0) is 11.3. The molecule has 2 aliphatic heterocycles. The summed E-state index contributed by atoms with van der Waals surface area (Å²) in [4.78, 5) is 23.4. The molecule has 2 saturated heterocycles. The predicted octanol–water partition coefficient (Wildman–Crippen LogP) is 0.835. The number of carbonyl (C=O) groups is 2. The van der Waals surface area contributed by atoms with Crippen LogP contribution < -0.4 is 0 Å². The van der Waals surface area contributed by atoms with Crippen molar-refractivity contribution < 1.29 is 19.1 Å². The highest BCUT2D eigenvalue weighted by molar-refractivity contribution is 5.95. The fourth-order valence-electron chi connectivity index (χ4n) is 3.05. The number of carbonyl (C=O) groups excluding carboxylic acids is 2. The van der Waals surface area contributed by atoms with Crippen molar-refractivity contribution >= 4 is 11.9 Å². The van der Waals surface area contributed by atoms with E-state index in [-0.39, 0.29) is 30.4 Å². The molecule has 2 heterocycles. The lowest BCUT2D eigenvalue weighted by Gasteiger charge is -2.35. The van der Waals surface area contributed by atoms with Crippen LogP contribution in [0, 0.1) is 17.3 Å². The lowest BCUT2D eigenvalue weighted by atomic mass is 9.62. The van der Waals surface area contributed by atoms with Crippen molar-refractivity contribution in [3.63, 3.8) is 0 Å². The average molecular weight is 220 g/mol. The van der Waals surface area contributed by atoms with Crippen LogP contribution in [0.1, 0.15) is 6.42 Å². The van der Waals surface area contributed by atoms with Gasteiger partial charge in [0.15, 0.2) is 0 Å². The number of ether oxygens (including phenoxy) is 2. The number of fused-ring (bicyclic) bond motifs is 3. The molecule has 0 aromatic carbocycles. The smallest absolute Gasteiger partial charge is 0.334 e. The molecule has 0 N–H and O–H groups in total. The Bertz CT molecular complexity index is 423. The first kappa shape index (κ1) is 9.63. The number of hydrogen-bond donors (Lipinski definition) is 0. The molecular formula is C12H12O4. The van der Waals surface area contributed by atoms with E-state index >= 15 is 0 Å². The van der Waals surface area contributed by atoms with Gasteiger partial charge in [-0.15, -0.1) is 6.58 Å². The number of esters is 2. The van der Waals surface area contributed by atoms with Gasteiger partial charge in [-0.05, 0) is 6.42 Å². The zero-order valence-electron chi connectivity index (χ0n) is 8.77. The third-order valence-corrected chi connectivity index (χ3v) is 3.97. The predicted molar refractivity (Wildman–Crippen MR) is 54.2 cm³/mol. The van der Waals surface area contributed by atoms with Crippen molar-refractivity contribution in [3.05, 3.63) is 24.3 Å². The Morgan fingerprint density at radius 2 is 2.19 bits per heavy atom. The number of hydrogen-bond acceptors (Lipinski definition) is 4. The Balaban J connectivity index is 2.13.